The summed E-state index contributed by atoms with van der Waals surface area (Å²) in [5.41, 5.74) is 0. The number of allylic oxidation sites excluding steroid dienone is 1. The highest BCUT2D eigenvalue weighted by molar-refractivity contribution is 4.99. The van der Waals surface area contributed by atoms with E-state index in [0.29, 0.717) is 0 Å². The van der Waals surface area contributed by atoms with Crippen LogP contribution in [0.15, 0.2) is 12.2 Å². The maximum absolute atomic E-state index is 3.76. The Balaban J connectivity index is 1.39. The second-order valence-corrected chi connectivity index (χ2v) is 6.09. The van der Waals surface area contributed by atoms with E-state index in [9.17, 15) is 0 Å². The van der Waals surface area contributed by atoms with E-state index in [-0.39, 0.29) is 0 Å². The van der Waals surface area contributed by atoms with Crippen molar-refractivity contribution in [3.63, 3.8) is 0 Å². The Bertz CT molecular complexity index is 262. The third kappa shape index (κ3) is 3.32. The Hall–Kier alpha value is -0.340. The summed E-state index contributed by atoms with van der Waals surface area (Å²) in [6.45, 7) is 3.89. The van der Waals surface area contributed by atoms with Gasteiger partial charge in [-0.05, 0) is 57.4 Å². The normalized spacial score (nSPS) is 31.9. The van der Waals surface area contributed by atoms with Crippen LogP contribution in [0.25, 0.3) is 0 Å². The minimum atomic E-state index is 0.758. The van der Waals surface area contributed by atoms with E-state index >= 15 is 0 Å². The molecule has 1 unspecified atom stereocenters. The van der Waals surface area contributed by atoms with Gasteiger partial charge in [-0.2, -0.15) is 0 Å². The molecule has 2 fully saturated rings. The van der Waals surface area contributed by atoms with Crippen molar-refractivity contribution in [3.05, 3.63) is 12.2 Å². The molecular formula is C15H26N2. The summed E-state index contributed by atoms with van der Waals surface area (Å²) in [4.78, 5) is 2.70. The van der Waals surface area contributed by atoms with Crippen molar-refractivity contribution < 1.29 is 0 Å². The fourth-order valence-corrected chi connectivity index (χ4v) is 3.19. The van der Waals surface area contributed by atoms with Gasteiger partial charge in [0.05, 0.1) is 0 Å². The van der Waals surface area contributed by atoms with Crippen molar-refractivity contribution in [1.82, 2.24) is 10.2 Å². The molecule has 0 aromatic rings. The van der Waals surface area contributed by atoms with Crippen LogP contribution in [0.5, 0.6) is 0 Å². The SMILES string of the molecule is C1=CC(N2CCC(NCC3CC3)CC2)CCC1. The minimum absolute atomic E-state index is 0.758. The molecule has 3 rings (SSSR count). The first-order chi connectivity index (χ1) is 8.42. The average Bonchev–Trinajstić information content (AvgIpc) is 3.22. The molecule has 1 aliphatic heterocycles. The number of likely N-dealkylation sites (tertiary alicyclic amines) is 1. The van der Waals surface area contributed by atoms with E-state index in [0.717, 1.165) is 18.0 Å². The number of hydrogen-bond acceptors (Lipinski definition) is 2. The Morgan fingerprint density at radius 3 is 2.53 bits per heavy atom. The topological polar surface area (TPSA) is 15.3 Å². The van der Waals surface area contributed by atoms with Crippen LogP contribution >= 0.6 is 0 Å². The van der Waals surface area contributed by atoms with Crippen LogP contribution in [0.4, 0.5) is 0 Å². The van der Waals surface area contributed by atoms with Gasteiger partial charge in [-0.15, -0.1) is 0 Å². The molecule has 2 heteroatoms. The third-order valence-corrected chi connectivity index (χ3v) is 4.62. The molecule has 3 aliphatic rings. The predicted octanol–water partition coefficient (Wildman–Crippen LogP) is 2.56. The zero-order valence-corrected chi connectivity index (χ0v) is 10.9. The van der Waals surface area contributed by atoms with Crippen LogP contribution in [-0.2, 0) is 0 Å². The second-order valence-electron chi connectivity index (χ2n) is 6.09. The summed E-state index contributed by atoms with van der Waals surface area (Å²) >= 11 is 0. The largest absolute Gasteiger partial charge is 0.314 e. The van der Waals surface area contributed by atoms with Crippen molar-refractivity contribution >= 4 is 0 Å². The average molecular weight is 234 g/mol. The van der Waals surface area contributed by atoms with Gasteiger partial charge < -0.3 is 5.32 Å². The number of piperidine rings is 1. The van der Waals surface area contributed by atoms with Crippen LogP contribution in [0, 0.1) is 5.92 Å². The van der Waals surface area contributed by atoms with Crippen molar-refractivity contribution in [2.24, 2.45) is 5.92 Å². The van der Waals surface area contributed by atoms with E-state index in [2.05, 4.69) is 22.4 Å². The maximum Gasteiger partial charge on any atom is 0.0278 e. The van der Waals surface area contributed by atoms with Gasteiger partial charge in [0.15, 0.2) is 0 Å². The zero-order chi connectivity index (χ0) is 11.5. The number of hydrogen-bond donors (Lipinski definition) is 1. The fourth-order valence-electron chi connectivity index (χ4n) is 3.19. The lowest BCUT2D eigenvalue weighted by Gasteiger charge is -2.37. The van der Waals surface area contributed by atoms with Gasteiger partial charge in [-0.1, -0.05) is 12.2 Å². The number of nitrogens with one attached hydrogen (secondary N) is 1. The molecule has 17 heavy (non-hydrogen) atoms. The second kappa shape index (κ2) is 5.53. The van der Waals surface area contributed by atoms with Gasteiger partial charge in [0.25, 0.3) is 0 Å². The molecule has 0 aromatic heterocycles. The first-order valence-electron chi connectivity index (χ1n) is 7.56. The van der Waals surface area contributed by atoms with Crippen LogP contribution in [0.1, 0.15) is 44.9 Å². The van der Waals surface area contributed by atoms with Gasteiger partial charge in [-0.25, -0.2) is 0 Å². The molecule has 2 nitrogen and oxygen atoms in total. The first-order valence-corrected chi connectivity index (χ1v) is 7.56. The van der Waals surface area contributed by atoms with Gasteiger partial charge in [0, 0.05) is 25.2 Å². The lowest BCUT2D eigenvalue weighted by atomic mass is 9.97. The van der Waals surface area contributed by atoms with Crippen molar-refractivity contribution in [1.29, 1.82) is 0 Å². The van der Waals surface area contributed by atoms with Gasteiger partial charge in [0.1, 0.15) is 0 Å². The highest BCUT2D eigenvalue weighted by Gasteiger charge is 2.26. The standard InChI is InChI=1S/C15H26N2/c1-2-4-15(5-3-1)17-10-8-14(9-11-17)16-12-13-6-7-13/h2,4,13-16H,1,3,5-12H2. The summed E-state index contributed by atoms with van der Waals surface area (Å²) in [7, 11) is 0. The lowest BCUT2D eigenvalue weighted by Crippen LogP contribution is -2.46. The van der Waals surface area contributed by atoms with E-state index in [1.165, 1.54) is 64.6 Å². The van der Waals surface area contributed by atoms with E-state index < -0.39 is 0 Å². The number of rotatable bonds is 4. The van der Waals surface area contributed by atoms with Crippen molar-refractivity contribution in [2.45, 2.75) is 57.0 Å². The molecule has 1 atom stereocenters. The highest BCUT2D eigenvalue weighted by atomic mass is 15.2. The van der Waals surface area contributed by atoms with Crippen LogP contribution in [0.3, 0.4) is 0 Å². The molecule has 2 aliphatic carbocycles. The van der Waals surface area contributed by atoms with E-state index in [4.69, 9.17) is 0 Å². The number of nitrogens with zero attached hydrogens (tertiary/aromatic N) is 1. The van der Waals surface area contributed by atoms with Gasteiger partial charge in [-0.3, -0.25) is 4.90 Å². The van der Waals surface area contributed by atoms with E-state index in [1.807, 2.05) is 0 Å². The Morgan fingerprint density at radius 1 is 1.06 bits per heavy atom. The monoisotopic (exact) mass is 234 g/mol. The lowest BCUT2D eigenvalue weighted by molar-refractivity contribution is 0.156. The van der Waals surface area contributed by atoms with Gasteiger partial charge in [0.2, 0.25) is 0 Å². The minimum Gasteiger partial charge on any atom is -0.314 e. The molecule has 1 heterocycles. The third-order valence-electron chi connectivity index (χ3n) is 4.62. The molecule has 1 N–H and O–H groups in total. The van der Waals surface area contributed by atoms with Crippen LogP contribution in [-0.4, -0.2) is 36.6 Å². The fraction of sp³-hybridized carbons (Fsp3) is 0.867. The van der Waals surface area contributed by atoms with Crippen molar-refractivity contribution in [2.75, 3.05) is 19.6 Å². The quantitative estimate of drug-likeness (QED) is 0.752. The predicted molar refractivity (Wildman–Crippen MR) is 72.1 cm³/mol. The summed E-state index contributed by atoms with van der Waals surface area (Å²) in [5, 5.41) is 3.76. The summed E-state index contributed by atoms with van der Waals surface area (Å²) in [5.74, 6) is 1.02. The molecule has 96 valence electrons. The van der Waals surface area contributed by atoms with Crippen LogP contribution < -0.4 is 5.32 Å². The molecular weight excluding hydrogens is 208 g/mol. The summed E-state index contributed by atoms with van der Waals surface area (Å²) in [6.07, 6.45) is 14.6. The molecule has 0 spiro atoms. The van der Waals surface area contributed by atoms with E-state index in [1.54, 1.807) is 0 Å². The molecule has 0 aromatic carbocycles. The maximum atomic E-state index is 3.76. The Kier molecular flexibility index (Phi) is 3.82. The summed E-state index contributed by atoms with van der Waals surface area (Å²) in [6, 6.07) is 1.56. The molecule has 0 radical (unpaired) electrons. The molecule has 0 amide bonds. The summed E-state index contributed by atoms with van der Waals surface area (Å²) < 4.78 is 0. The Morgan fingerprint density at radius 2 is 1.88 bits per heavy atom. The molecule has 1 saturated carbocycles. The van der Waals surface area contributed by atoms with Gasteiger partial charge >= 0.3 is 0 Å². The highest BCUT2D eigenvalue weighted by Crippen LogP contribution is 2.28. The van der Waals surface area contributed by atoms with Crippen molar-refractivity contribution in [3.8, 4) is 0 Å². The molecule has 0 bridgehead atoms. The van der Waals surface area contributed by atoms with Crippen LogP contribution in [0.2, 0.25) is 0 Å². The first kappa shape index (κ1) is 11.7. The zero-order valence-electron chi connectivity index (χ0n) is 10.9. The smallest absolute Gasteiger partial charge is 0.0278 e. The molecule has 1 saturated heterocycles. The Labute approximate surface area is 105 Å².